The summed E-state index contributed by atoms with van der Waals surface area (Å²) in [6.07, 6.45) is 0.943. The molecule has 0 saturated carbocycles. The second kappa shape index (κ2) is 6.55. The predicted molar refractivity (Wildman–Crippen MR) is 69.4 cm³/mol. The lowest BCUT2D eigenvalue weighted by molar-refractivity contribution is -0.136. The van der Waals surface area contributed by atoms with Gasteiger partial charge in [0.1, 0.15) is 0 Å². The number of aliphatic carboxylic acids is 1. The Morgan fingerprint density at radius 3 is 2.29 bits per heavy atom. The number of rotatable bonds is 6. The number of benzene rings is 1. The van der Waals surface area contributed by atoms with Crippen LogP contribution in [-0.4, -0.2) is 20.5 Å². The van der Waals surface area contributed by atoms with E-state index < -0.39 is 16.8 Å². The topological polar surface area (TPSA) is 54.4 Å². The van der Waals surface area contributed by atoms with Crippen LogP contribution in [0.4, 0.5) is 0 Å². The zero-order chi connectivity index (χ0) is 12.8. The summed E-state index contributed by atoms with van der Waals surface area (Å²) in [6, 6.07) is 7.30. The highest BCUT2D eigenvalue weighted by Gasteiger charge is 2.09. The molecule has 0 saturated heterocycles. The first-order valence-electron chi connectivity index (χ1n) is 5.69. The second-order valence-electron chi connectivity index (χ2n) is 4.13. The van der Waals surface area contributed by atoms with Crippen LogP contribution in [0.3, 0.4) is 0 Å². The SMILES string of the molecule is CCC(C)S(=O)Cc1ccc(CC(=O)O)cc1. The number of carboxylic acid groups (broad SMARTS) is 1. The van der Waals surface area contributed by atoms with Crippen molar-refractivity contribution in [2.45, 2.75) is 37.7 Å². The van der Waals surface area contributed by atoms with E-state index in [1.165, 1.54) is 0 Å². The van der Waals surface area contributed by atoms with Gasteiger partial charge in [-0.05, 0) is 17.5 Å². The summed E-state index contributed by atoms with van der Waals surface area (Å²) in [5, 5.41) is 8.84. The third-order valence-corrected chi connectivity index (χ3v) is 4.56. The Balaban J connectivity index is 2.62. The molecule has 0 bridgehead atoms. The molecule has 0 amide bonds. The van der Waals surface area contributed by atoms with E-state index in [0.29, 0.717) is 5.75 Å². The highest BCUT2D eigenvalue weighted by Crippen LogP contribution is 2.11. The molecule has 1 N–H and O–H groups in total. The monoisotopic (exact) mass is 254 g/mol. The molecule has 0 aliphatic heterocycles. The van der Waals surface area contributed by atoms with Crippen molar-refractivity contribution in [1.82, 2.24) is 0 Å². The normalized spacial score (nSPS) is 14.2. The van der Waals surface area contributed by atoms with Crippen LogP contribution in [0.5, 0.6) is 0 Å². The summed E-state index contributed by atoms with van der Waals surface area (Å²) >= 11 is 0. The molecule has 0 heterocycles. The van der Waals surface area contributed by atoms with Gasteiger partial charge in [-0.15, -0.1) is 0 Å². The number of carbonyl (C=O) groups is 1. The van der Waals surface area contributed by atoms with Gasteiger partial charge in [-0.25, -0.2) is 0 Å². The highest BCUT2D eigenvalue weighted by molar-refractivity contribution is 7.84. The van der Waals surface area contributed by atoms with Crippen LogP contribution < -0.4 is 0 Å². The van der Waals surface area contributed by atoms with Crippen molar-refractivity contribution in [2.24, 2.45) is 0 Å². The first-order valence-corrected chi connectivity index (χ1v) is 7.08. The van der Waals surface area contributed by atoms with Crippen molar-refractivity contribution in [3.63, 3.8) is 0 Å². The van der Waals surface area contributed by atoms with Crippen LogP contribution >= 0.6 is 0 Å². The van der Waals surface area contributed by atoms with Crippen molar-refractivity contribution in [1.29, 1.82) is 0 Å². The first-order chi connectivity index (χ1) is 8.02. The average Bonchev–Trinajstić information content (AvgIpc) is 2.30. The zero-order valence-corrected chi connectivity index (χ0v) is 11.0. The van der Waals surface area contributed by atoms with Crippen LogP contribution in [0.2, 0.25) is 0 Å². The zero-order valence-electron chi connectivity index (χ0n) is 10.2. The molecule has 17 heavy (non-hydrogen) atoms. The van der Waals surface area contributed by atoms with Gasteiger partial charge in [0.15, 0.2) is 0 Å². The summed E-state index contributed by atoms with van der Waals surface area (Å²) in [7, 11) is -0.849. The van der Waals surface area contributed by atoms with Gasteiger partial charge in [0.05, 0.1) is 6.42 Å². The maximum absolute atomic E-state index is 11.8. The largest absolute Gasteiger partial charge is 0.481 e. The Morgan fingerprint density at radius 2 is 1.82 bits per heavy atom. The minimum absolute atomic E-state index is 0.0364. The molecule has 94 valence electrons. The van der Waals surface area contributed by atoms with Gasteiger partial charge in [0.2, 0.25) is 0 Å². The Bertz CT molecular complexity index is 398. The number of carboxylic acids is 1. The van der Waals surface area contributed by atoms with Crippen LogP contribution in [-0.2, 0) is 27.8 Å². The molecular weight excluding hydrogens is 236 g/mol. The summed E-state index contributed by atoms with van der Waals surface area (Å²) < 4.78 is 11.8. The maximum atomic E-state index is 11.8. The molecule has 2 unspecified atom stereocenters. The van der Waals surface area contributed by atoms with Crippen molar-refractivity contribution >= 4 is 16.8 Å². The summed E-state index contributed by atoms with van der Waals surface area (Å²) in [5.74, 6) is -0.288. The molecule has 1 aromatic carbocycles. The molecule has 0 aliphatic carbocycles. The molecule has 0 radical (unpaired) electrons. The number of hydrogen-bond acceptors (Lipinski definition) is 2. The predicted octanol–water partition coefficient (Wildman–Crippen LogP) is 2.36. The molecule has 1 rings (SSSR count). The van der Waals surface area contributed by atoms with E-state index in [4.69, 9.17) is 5.11 Å². The summed E-state index contributed by atoms with van der Waals surface area (Å²) in [6.45, 7) is 4.01. The Morgan fingerprint density at radius 1 is 1.29 bits per heavy atom. The lowest BCUT2D eigenvalue weighted by atomic mass is 10.1. The summed E-state index contributed by atoms with van der Waals surface area (Å²) in [4.78, 5) is 10.5. The second-order valence-corrected chi connectivity index (χ2v) is 5.99. The fourth-order valence-corrected chi connectivity index (χ4v) is 2.60. The molecular formula is C13H18O3S. The molecule has 1 aromatic rings. The molecule has 4 heteroatoms. The standard InChI is InChI=1S/C13H18O3S/c1-3-10(2)17(16)9-12-6-4-11(5-7-12)8-13(14)15/h4-7,10H,3,8-9H2,1-2H3,(H,14,15). The molecule has 0 aliphatic rings. The third kappa shape index (κ3) is 4.69. The highest BCUT2D eigenvalue weighted by atomic mass is 32.2. The van der Waals surface area contributed by atoms with E-state index in [-0.39, 0.29) is 11.7 Å². The summed E-state index contributed by atoms with van der Waals surface area (Å²) in [5.41, 5.74) is 1.77. The third-order valence-electron chi connectivity index (χ3n) is 2.71. The van der Waals surface area contributed by atoms with Crippen LogP contribution in [0.15, 0.2) is 24.3 Å². The molecule has 2 atom stereocenters. The van der Waals surface area contributed by atoms with Crippen molar-refractivity contribution < 1.29 is 14.1 Å². The fraction of sp³-hybridized carbons (Fsp3) is 0.462. The quantitative estimate of drug-likeness (QED) is 0.848. The molecule has 0 spiro atoms. The van der Waals surface area contributed by atoms with Gasteiger partial charge in [-0.3, -0.25) is 9.00 Å². The van der Waals surface area contributed by atoms with E-state index in [2.05, 4.69) is 0 Å². The average molecular weight is 254 g/mol. The Labute approximate surface area is 104 Å². The number of hydrogen-bond donors (Lipinski definition) is 1. The van der Waals surface area contributed by atoms with E-state index in [0.717, 1.165) is 17.5 Å². The Hall–Kier alpha value is -1.16. The minimum Gasteiger partial charge on any atom is -0.481 e. The molecule has 0 aromatic heterocycles. The fourth-order valence-electron chi connectivity index (χ4n) is 1.42. The lowest BCUT2D eigenvalue weighted by Crippen LogP contribution is -2.11. The molecule has 3 nitrogen and oxygen atoms in total. The van der Waals surface area contributed by atoms with Gasteiger partial charge in [0, 0.05) is 21.8 Å². The van der Waals surface area contributed by atoms with Gasteiger partial charge >= 0.3 is 5.97 Å². The van der Waals surface area contributed by atoms with Gasteiger partial charge in [-0.2, -0.15) is 0 Å². The van der Waals surface area contributed by atoms with E-state index >= 15 is 0 Å². The smallest absolute Gasteiger partial charge is 0.307 e. The molecule has 0 fully saturated rings. The van der Waals surface area contributed by atoms with Crippen LogP contribution in [0, 0.1) is 0 Å². The van der Waals surface area contributed by atoms with Crippen molar-refractivity contribution in [2.75, 3.05) is 0 Å². The van der Waals surface area contributed by atoms with Crippen LogP contribution in [0.1, 0.15) is 31.4 Å². The van der Waals surface area contributed by atoms with Gasteiger partial charge in [0.25, 0.3) is 0 Å². The minimum atomic E-state index is -0.849. The van der Waals surface area contributed by atoms with Crippen LogP contribution in [0.25, 0.3) is 0 Å². The van der Waals surface area contributed by atoms with Crippen molar-refractivity contribution in [3.05, 3.63) is 35.4 Å². The first kappa shape index (κ1) is 13.9. The lowest BCUT2D eigenvalue weighted by Gasteiger charge is -2.08. The van der Waals surface area contributed by atoms with E-state index in [1.54, 1.807) is 12.1 Å². The van der Waals surface area contributed by atoms with Crippen molar-refractivity contribution in [3.8, 4) is 0 Å². The van der Waals surface area contributed by atoms with Gasteiger partial charge < -0.3 is 5.11 Å². The Kier molecular flexibility index (Phi) is 5.35. The van der Waals surface area contributed by atoms with E-state index in [1.807, 2.05) is 26.0 Å². The van der Waals surface area contributed by atoms with E-state index in [9.17, 15) is 9.00 Å². The maximum Gasteiger partial charge on any atom is 0.307 e. The van der Waals surface area contributed by atoms with Gasteiger partial charge in [-0.1, -0.05) is 38.1 Å².